The summed E-state index contributed by atoms with van der Waals surface area (Å²) in [6, 6.07) is 0.545. The number of fused-ring (bicyclic) bond motifs is 1. The van der Waals surface area contributed by atoms with E-state index >= 15 is 0 Å². The van der Waals surface area contributed by atoms with Gasteiger partial charge in [-0.3, -0.25) is 4.79 Å². The number of carbonyl (C=O) groups excluding carboxylic acids is 1. The van der Waals surface area contributed by atoms with Gasteiger partial charge in [-0.05, 0) is 55.6 Å². The van der Waals surface area contributed by atoms with Gasteiger partial charge in [0.05, 0.1) is 6.04 Å². The number of carbonyl (C=O) groups is 1. The third kappa shape index (κ3) is 2.48. The lowest BCUT2D eigenvalue weighted by atomic mass is 9.93. The first kappa shape index (κ1) is 11.8. The van der Waals surface area contributed by atoms with Gasteiger partial charge in [0.1, 0.15) is 0 Å². The van der Waals surface area contributed by atoms with Gasteiger partial charge in [-0.15, -0.1) is 0 Å². The molecule has 3 unspecified atom stereocenters. The van der Waals surface area contributed by atoms with Crippen LogP contribution in [0.15, 0.2) is 0 Å². The normalized spacial score (nSPS) is 38.0. The summed E-state index contributed by atoms with van der Waals surface area (Å²) in [5, 5.41) is 6.69. The van der Waals surface area contributed by atoms with Crippen LogP contribution < -0.4 is 10.6 Å². The third-order valence-electron chi connectivity index (χ3n) is 4.60. The van der Waals surface area contributed by atoms with Crippen LogP contribution in [0.4, 0.5) is 0 Å². The topological polar surface area (TPSA) is 41.1 Å². The van der Waals surface area contributed by atoms with Crippen molar-refractivity contribution in [2.24, 2.45) is 11.8 Å². The summed E-state index contributed by atoms with van der Waals surface area (Å²) in [6.07, 6.45) is 6.19. The summed E-state index contributed by atoms with van der Waals surface area (Å²) in [4.78, 5) is 12.3. The van der Waals surface area contributed by atoms with Crippen molar-refractivity contribution < 1.29 is 4.79 Å². The Balaban J connectivity index is 1.55. The Morgan fingerprint density at radius 1 is 1.18 bits per heavy atom. The molecule has 17 heavy (non-hydrogen) atoms. The van der Waals surface area contributed by atoms with E-state index in [9.17, 15) is 4.79 Å². The van der Waals surface area contributed by atoms with Gasteiger partial charge in [-0.2, -0.15) is 11.8 Å². The Bertz CT molecular complexity index is 291. The molecule has 3 rings (SSSR count). The summed E-state index contributed by atoms with van der Waals surface area (Å²) in [6.45, 7) is 1.06. The van der Waals surface area contributed by atoms with E-state index in [1.807, 2.05) is 11.8 Å². The molecule has 1 amide bonds. The zero-order valence-corrected chi connectivity index (χ0v) is 11.1. The Hall–Kier alpha value is -0.220. The predicted molar refractivity (Wildman–Crippen MR) is 71.1 cm³/mol. The maximum absolute atomic E-state index is 12.3. The summed E-state index contributed by atoms with van der Waals surface area (Å²) in [7, 11) is 0. The molecule has 3 nitrogen and oxygen atoms in total. The molecule has 0 aromatic carbocycles. The SMILES string of the molecule is O=C(NC1CCSCC1)C1NCC2CCCC21. The minimum atomic E-state index is 0.108. The Kier molecular flexibility index (Phi) is 3.61. The van der Waals surface area contributed by atoms with Crippen LogP contribution in [-0.2, 0) is 4.79 Å². The average molecular weight is 254 g/mol. The summed E-state index contributed by atoms with van der Waals surface area (Å²) in [5.41, 5.74) is 0. The zero-order valence-electron chi connectivity index (χ0n) is 10.3. The molecule has 0 radical (unpaired) electrons. The van der Waals surface area contributed by atoms with Crippen molar-refractivity contribution in [1.82, 2.24) is 10.6 Å². The molecule has 4 heteroatoms. The van der Waals surface area contributed by atoms with Crippen LogP contribution in [0, 0.1) is 11.8 Å². The van der Waals surface area contributed by atoms with E-state index in [4.69, 9.17) is 0 Å². The van der Waals surface area contributed by atoms with Crippen LogP contribution in [0.25, 0.3) is 0 Å². The van der Waals surface area contributed by atoms with E-state index in [-0.39, 0.29) is 11.9 Å². The molecule has 2 saturated heterocycles. The van der Waals surface area contributed by atoms with Gasteiger partial charge in [0.2, 0.25) is 5.91 Å². The number of nitrogens with one attached hydrogen (secondary N) is 2. The van der Waals surface area contributed by atoms with Gasteiger partial charge in [0, 0.05) is 6.04 Å². The van der Waals surface area contributed by atoms with E-state index < -0.39 is 0 Å². The van der Waals surface area contributed by atoms with E-state index in [2.05, 4.69) is 10.6 Å². The smallest absolute Gasteiger partial charge is 0.237 e. The molecule has 0 aromatic heterocycles. The van der Waals surface area contributed by atoms with E-state index in [1.54, 1.807) is 0 Å². The minimum Gasteiger partial charge on any atom is -0.352 e. The van der Waals surface area contributed by atoms with Gasteiger partial charge in [0.25, 0.3) is 0 Å². The monoisotopic (exact) mass is 254 g/mol. The van der Waals surface area contributed by atoms with Gasteiger partial charge >= 0.3 is 0 Å². The molecule has 3 fully saturated rings. The Morgan fingerprint density at radius 2 is 2.00 bits per heavy atom. The second-order valence-electron chi connectivity index (χ2n) is 5.64. The number of rotatable bonds is 2. The third-order valence-corrected chi connectivity index (χ3v) is 5.64. The molecule has 2 aliphatic heterocycles. The first-order valence-electron chi connectivity index (χ1n) is 6.96. The van der Waals surface area contributed by atoms with E-state index in [0.29, 0.717) is 12.0 Å². The molecule has 0 bridgehead atoms. The van der Waals surface area contributed by atoms with Crippen molar-refractivity contribution in [3.05, 3.63) is 0 Å². The Morgan fingerprint density at radius 3 is 2.82 bits per heavy atom. The lowest BCUT2D eigenvalue weighted by Crippen LogP contribution is -2.48. The molecule has 1 saturated carbocycles. The highest BCUT2D eigenvalue weighted by Crippen LogP contribution is 2.37. The van der Waals surface area contributed by atoms with Crippen LogP contribution in [0.5, 0.6) is 0 Å². The van der Waals surface area contributed by atoms with Crippen molar-refractivity contribution in [3.63, 3.8) is 0 Å². The number of thioether (sulfide) groups is 1. The van der Waals surface area contributed by atoms with Crippen LogP contribution in [-0.4, -0.2) is 36.0 Å². The van der Waals surface area contributed by atoms with Crippen molar-refractivity contribution in [3.8, 4) is 0 Å². The highest BCUT2D eigenvalue weighted by molar-refractivity contribution is 7.99. The maximum atomic E-state index is 12.3. The molecule has 3 aliphatic rings. The maximum Gasteiger partial charge on any atom is 0.237 e. The van der Waals surface area contributed by atoms with Crippen LogP contribution in [0.1, 0.15) is 32.1 Å². The summed E-state index contributed by atoms with van der Waals surface area (Å²) in [5.74, 6) is 4.07. The lowest BCUT2D eigenvalue weighted by Gasteiger charge is -2.25. The minimum absolute atomic E-state index is 0.108. The van der Waals surface area contributed by atoms with Gasteiger partial charge < -0.3 is 10.6 Å². The van der Waals surface area contributed by atoms with Gasteiger partial charge in [-0.25, -0.2) is 0 Å². The van der Waals surface area contributed by atoms with Crippen molar-refractivity contribution in [1.29, 1.82) is 0 Å². The molecule has 3 atom stereocenters. The van der Waals surface area contributed by atoms with Crippen molar-refractivity contribution in [2.75, 3.05) is 18.1 Å². The van der Waals surface area contributed by atoms with E-state index in [0.717, 1.165) is 25.3 Å². The van der Waals surface area contributed by atoms with Crippen LogP contribution in [0.2, 0.25) is 0 Å². The van der Waals surface area contributed by atoms with E-state index in [1.165, 1.54) is 30.8 Å². The summed E-state index contributed by atoms with van der Waals surface area (Å²) >= 11 is 2.01. The molecular weight excluding hydrogens is 232 g/mol. The largest absolute Gasteiger partial charge is 0.352 e. The Labute approximate surface area is 107 Å². The molecule has 1 aliphatic carbocycles. The number of hydrogen-bond donors (Lipinski definition) is 2. The first-order valence-corrected chi connectivity index (χ1v) is 8.11. The van der Waals surface area contributed by atoms with Crippen LogP contribution in [0.3, 0.4) is 0 Å². The summed E-state index contributed by atoms with van der Waals surface area (Å²) < 4.78 is 0. The highest BCUT2D eigenvalue weighted by atomic mass is 32.2. The van der Waals surface area contributed by atoms with Crippen molar-refractivity contribution in [2.45, 2.75) is 44.2 Å². The predicted octanol–water partition coefficient (Wildman–Crippen LogP) is 1.39. The average Bonchev–Trinajstić information content (AvgIpc) is 2.91. The first-order chi connectivity index (χ1) is 8.34. The fourth-order valence-corrected chi connectivity index (χ4v) is 4.71. The molecule has 0 aromatic rings. The lowest BCUT2D eigenvalue weighted by molar-refractivity contribution is -0.124. The fourth-order valence-electron chi connectivity index (χ4n) is 3.61. The van der Waals surface area contributed by atoms with Crippen molar-refractivity contribution >= 4 is 17.7 Å². The molecule has 2 N–H and O–H groups in total. The highest BCUT2D eigenvalue weighted by Gasteiger charge is 2.42. The fraction of sp³-hybridized carbons (Fsp3) is 0.923. The quantitative estimate of drug-likeness (QED) is 0.782. The molecule has 0 spiro atoms. The molecule has 96 valence electrons. The molecular formula is C13H22N2OS. The van der Waals surface area contributed by atoms with Gasteiger partial charge in [0.15, 0.2) is 0 Å². The number of hydrogen-bond acceptors (Lipinski definition) is 3. The second kappa shape index (κ2) is 5.19. The zero-order chi connectivity index (χ0) is 11.7. The van der Waals surface area contributed by atoms with Crippen LogP contribution >= 0.6 is 11.8 Å². The molecule has 2 heterocycles. The second-order valence-corrected chi connectivity index (χ2v) is 6.86. The van der Waals surface area contributed by atoms with Gasteiger partial charge in [-0.1, -0.05) is 6.42 Å². The standard InChI is InChI=1S/C13H22N2OS/c16-13(15-10-4-6-17-7-5-10)12-11-3-1-2-9(11)8-14-12/h9-12,14H,1-8H2,(H,15,16). The number of amides is 1.